The summed E-state index contributed by atoms with van der Waals surface area (Å²) in [7, 11) is 0. The summed E-state index contributed by atoms with van der Waals surface area (Å²) in [6, 6.07) is 16.7. The van der Waals surface area contributed by atoms with Gasteiger partial charge in [0.05, 0.1) is 12.2 Å². The van der Waals surface area contributed by atoms with Gasteiger partial charge < -0.3 is 5.32 Å². The summed E-state index contributed by atoms with van der Waals surface area (Å²) in [5.41, 5.74) is 2.55. The number of halogens is 2. The first-order valence-electron chi connectivity index (χ1n) is 8.47. The summed E-state index contributed by atoms with van der Waals surface area (Å²) in [6.45, 7) is 0.537. The molecule has 0 saturated carbocycles. The Morgan fingerprint density at radius 3 is 2.75 bits per heavy atom. The Labute approximate surface area is 165 Å². The van der Waals surface area contributed by atoms with Gasteiger partial charge in [0.1, 0.15) is 11.5 Å². The predicted octanol–water partition coefficient (Wildman–Crippen LogP) is 4.37. The molecule has 6 nitrogen and oxygen atoms in total. The van der Waals surface area contributed by atoms with Crippen molar-refractivity contribution < 1.29 is 9.18 Å². The predicted molar refractivity (Wildman–Crippen MR) is 105 cm³/mol. The summed E-state index contributed by atoms with van der Waals surface area (Å²) < 4.78 is 14.7. The van der Waals surface area contributed by atoms with Crippen molar-refractivity contribution >= 4 is 23.3 Å². The van der Waals surface area contributed by atoms with Crippen molar-refractivity contribution in [1.82, 2.24) is 20.0 Å². The van der Waals surface area contributed by atoms with Crippen LogP contribution in [0.5, 0.6) is 0 Å². The second-order valence-electron chi connectivity index (χ2n) is 6.16. The van der Waals surface area contributed by atoms with E-state index in [0.29, 0.717) is 28.6 Å². The summed E-state index contributed by atoms with van der Waals surface area (Å²) in [6.07, 6.45) is 1.77. The second-order valence-corrected chi connectivity index (χ2v) is 6.59. The molecule has 2 heterocycles. The Morgan fingerprint density at radius 2 is 1.96 bits per heavy atom. The third kappa shape index (κ3) is 4.10. The zero-order valence-corrected chi connectivity index (χ0v) is 15.3. The van der Waals surface area contributed by atoms with E-state index in [1.807, 2.05) is 24.3 Å². The molecule has 8 heteroatoms. The lowest BCUT2D eigenvalue weighted by Crippen LogP contribution is -2.13. The first-order chi connectivity index (χ1) is 13.6. The molecule has 0 aliphatic heterocycles. The summed E-state index contributed by atoms with van der Waals surface area (Å²) in [5, 5.41) is 14.5. The van der Waals surface area contributed by atoms with Crippen molar-refractivity contribution in [3.05, 3.63) is 89.0 Å². The standard InChI is InChI=1S/C20H15ClFN5O/c21-15-3-1-2-13(10-15)12-27-9-8-19(26-27)23-20(28)18-11-17(24-25-18)14-4-6-16(22)7-5-14/h1-11H,12H2,(H,24,25)(H,23,26,28). The van der Waals surface area contributed by atoms with E-state index in [2.05, 4.69) is 20.6 Å². The molecule has 0 fully saturated rings. The molecule has 2 N–H and O–H groups in total. The highest BCUT2D eigenvalue weighted by atomic mass is 35.5. The van der Waals surface area contributed by atoms with Gasteiger partial charge in [0.25, 0.3) is 5.91 Å². The molecule has 2 aromatic carbocycles. The first-order valence-corrected chi connectivity index (χ1v) is 8.85. The Morgan fingerprint density at radius 1 is 1.14 bits per heavy atom. The molecule has 0 saturated heterocycles. The minimum absolute atomic E-state index is 0.281. The summed E-state index contributed by atoms with van der Waals surface area (Å²) >= 11 is 5.99. The third-order valence-electron chi connectivity index (χ3n) is 4.08. The number of aromatic amines is 1. The van der Waals surface area contributed by atoms with Crippen LogP contribution < -0.4 is 5.32 Å². The molecule has 0 aliphatic rings. The van der Waals surface area contributed by atoms with Crippen LogP contribution in [0.4, 0.5) is 10.2 Å². The van der Waals surface area contributed by atoms with Crippen LogP contribution >= 0.6 is 11.6 Å². The smallest absolute Gasteiger partial charge is 0.274 e. The van der Waals surface area contributed by atoms with E-state index in [0.717, 1.165) is 5.56 Å². The fourth-order valence-corrected chi connectivity index (χ4v) is 2.94. The van der Waals surface area contributed by atoms with Gasteiger partial charge in [0.15, 0.2) is 5.82 Å². The number of anilines is 1. The lowest BCUT2D eigenvalue weighted by atomic mass is 10.1. The zero-order chi connectivity index (χ0) is 19.5. The van der Waals surface area contributed by atoms with Crippen molar-refractivity contribution in [2.45, 2.75) is 6.54 Å². The largest absolute Gasteiger partial charge is 0.304 e. The molecule has 140 valence electrons. The molecule has 0 atom stereocenters. The lowest BCUT2D eigenvalue weighted by Gasteiger charge is -2.03. The van der Waals surface area contributed by atoms with E-state index in [1.54, 1.807) is 35.1 Å². The van der Waals surface area contributed by atoms with Crippen LogP contribution in [-0.2, 0) is 6.54 Å². The zero-order valence-electron chi connectivity index (χ0n) is 14.6. The average molecular weight is 396 g/mol. The van der Waals surface area contributed by atoms with E-state index in [9.17, 15) is 9.18 Å². The molecular formula is C20H15ClFN5O. The number of amides is 1. The van der Waals surface area contributed by atoms with Gasteiger partial charge in [-0.25, -0.2) is 4.39 Å². The number of benzene rings is 2. The Kier molecular flexibility index (Phi) is 4.90. The van der Waals surface area contributed by atoms with Crippen molar-refractivity contribution in [3.8, 4) is 11.3 Å². The normalized spacial score (nSPS) is 10.8. The van der Waals surface area contributed by atoms with E-state index in [4.69, 9.17) is 11.6 Å². The van der Waals surface area contributed by atoms with Gasteiger partial charge in [0, 0.05) is 22.8 Å². The Hall–Kier alpha value is -3.45. The highest BCUT2D eigenvalue weighted by molar-refractivity contribution is 6.30. The minimum atomic E-state index is -0.367. The van der Waals surface area contributed by atoms with Gasteiger partial charge >= 0.3 is 0 Å². The number of nitrogens with one attached hydrogen (secondary N) is 2. The SMILES string of the molecule is O=C(Nc1ccn(Cc2cccc(Cl)c2)n1)c1cc(-c2ccc(F)cc2)n[nH]1. The van der Waals surface area contributed by atoms with Crippen LogP contribution in [0.2, 0.25) is 5.02 Å². The van der Waals surface area contributed by atoms with Gasteiger partial charge in [-0.2, -0.15) is 10.2 Å². The number of hydrogen-bond donors (Lipinski definition) is 2. The maximum Gasteiger partial charge on any atom is 0.274 e. The lowest BCUT2D eigenvalue weighted by molar-refractivity contribution is 0.102. The van der Waals surface area contributed by atoms with Crippen LogP contribution in [0.1, 0.15) is 16.1 Å². The molecule has 2 aromatic heterocycles. The van der Waals surface area contributed by atoms with E-state index >= 15 is 0 Å². The molecule has 0 spiro atoms. The molecule has 0 unspecified atom stereocenters. The van der Waals surface area contributed by atoms with Crippen LogP contribution in [0, 0.1) is 5.82 Å². The van der Waals surface area contributed by atoms with Crippen LogP contribution in [0.15, 0.2) is 66.9 Å². The second kappa shape index (κ2) is 7.66. The average Bonchev–Trinajstić information content (AvgIpc) is 3.32. The number of carbonyl (C=O) groups excluding carboxylic acids is 1. The molecule has 1 amide bonds. The van der Waals surface area contributed by atoms with Crippen molar-refractivity contribution in [2.24, 2.45) is 0 Å². The third-order valence-corrected chi connectivity index (χ3v) is 4.31. The van der Waals surface area contributed by atoms with Crippen LogP contribution in [0.3, 0.4) is 0 Å². The van der Waals surface area contributed by atoms with Crippen LogP contribution in [-0.4, -0.2) is 25.9 Å². The Bertz CT molecular complexity index is 1120. The highest BCUT2D eigenvalue weighted by Crippen LogP contribution is 2.18. The molecular weight excluding hydrogens is 381 g/mol. The van der Waals surface area contributed by atoms with E-state index in [-0.39, 0.29) is 17.4 Å². The highest BCUT2D eigenvalue weighted by Gasteiger charge is 2.13. The molecule has 4 aromatic rings. The molecule has 0 aliphatic carbocycles. The van der Waals surface area contributed by atoms with Gasteiger partial charge in [-0.05, 0) is 48.0 Å². The fraction of sp³-hybridized carbons (Fsp3) is 0.0500. The van der Waals surface area contributed by atoms with Gasteiger partial charge in [-0.3, -0.25) is 14.6 Å². The maximum atomic E-state index is 13.0. The van der Waals surface area contributed by atoms with Gasteiger partial charge in [0.2, 0.25) is 0 Å². The first kappa shape index (κ1) is 17.9. The van der Waals surface area contributed by atoms with Gasteiger partial charge in [-0.1, -0.05) is 23.7 Å². The van der Waals surface area contributed by atoms with Crippen LogP contribution in [0.25, 0.3) is 11.3 Å². The number of hydrogen-bond acceptors (Lipinski definition) is 3. The van der Waals surface area contributed by atoms with Crippen molar-refractivity contribution in [2.75, 3.05) is 5.32 Å². The quantitative estimate of drug-likeness (QED) is 0.527. The monoisotopic (exact) mass is 395 g/mol. The van der Waals surface area contributed by atoms with Crippen molar-refractivity contribution in [3.63, 3.8) is 0 Å². The van der Waals surface area contributed by atoms with E-state index in [1.165, 1.54) is 12.1 Å². The fourth-order valence-electron chi connectivity index (χ4n) is 2.73. The number of H-pyrrole nitrogens is 1. The van der Waals surface area contributed by atoms with Crippen molar-refractivity contribution in [1.29, 1.82) is 0 Å². The molecule has 0 radical (unpaired) electrons. The van der Waals surface area contributed by atoms with Gasteiger partial charge in [-0.15, -0.1) is 0 Å². The molecule has 0 bridgehead atoms. The number of carbonyl (C=O) groups is 1. The Balaban J connectivity index is 1.43. The van der Waals surface area contributed by atoms with E-state index < -0.39 is 0 Å². The topological polar surface area (TPSA) is 75.6 Å². The molecule has 4 rings (SSSR count). The summed E-state index contributed by atoms with van der Waals surface area (Å²) in [5.74, 6) is -0.274. The minimum Gasteiger partial charge on any atom is -0.304 e. The molecule has 28 heavy (non-hydrogen) atoms. The number of aromatic nitrogens is 4. The maximum absolute atomic E-state index is 13.0. The number of nitrogens with zero attached hydrogens (tertiary/aromatic N) is 3. The summed E-state index contributed by atoms with van der Waals surface area (Å²) in [4.78, 5) is 12.4. The number of rotatable bonds is 5.